The molecule has 4 N–H and O–H groups in total. The van der Waals surface area contributed by atoms with Gasteiger partial charge in [0.1, 0.15) is 17.9 Å². The second-order valence-corrected chi connectivity index (χ2v) is 15.9. The number of hydroxylamine groups is 2. The van der Waals surface area contributed by atoms with E-state index in [9.17, 15) is 19.8 Å². The van der Waals surface area contributed by atoms with Gasteiger partial charge in [-0.15, -0.1) is 0 Å². The summed E-state index contributed by atoms with van der Waals surface area (Å²) in [6.45, 7) is 13.4. The number of nitrogens with zero attached hydrogens (tertiary/aromatic N) is 2. The van der Waals surface area contributed by atoms with Crippen molar-refractivity contribution >= 4 is 11.8 Å². The number of benzene rings is 2. The Balaban J connectivity index is 1.39. The van der Waals surface area contributed by atoms with Gasteiger partial charge in [-0.2, -0.15) is 5.06 Å². The number of hydrogen-bond acceptors (Lipinski definition) is 8. The lowest BCUT2D eigenvalue weighted by Crippen LogP contribution is -2.62. The lowest BCUT2D eigenvalue weighted by atomic mass is 9.45. The Morgan fingerprint density at radius 2 is 1.84 bits per heavy atom. The van der Waals surface area contributed by atoms with Crippen LogP contribution in [0, 0.1) is 35.0 Å². The van der Waals surface area contributed by atoms with Crippen molar-refractivity contribution in [2.45, 2.75) is 91.3 Å². The molecule has 1 saturated heterocycles. The van der Waals surface area contributed by atoms with Crippen LogP contribution in [0.1, 0.15) is 70.3 Å². The molecule has 4 fully saturated rings. The number of carbonyl (C=O) groups excluding carboxylic acids is 2. The predicted octanol–water partition coefficient (Wildman–Crippen LogP) is 4.34. The molecule has 2 aromatic carbocycles. The topological polar surface area (TPSA) is 124 Å². The first-order valence-electron chi connectivity index (χ1n) is 17.9. The van der Waals surface area contributed by atoms with Crippen LogP contribution in [-0.4, -0.2) is 96.7 Å². The average molecular weight is 679 g/mol. The van der Waals surface area contributed by atoms with Crippen molar-refractivity contribution in [1.29, 1.82) is 0 Å². The van der Waals surface area contributed by atoms with Gasteiger partial charge in [0.05, 0.1) is 26.4 Å². The molecule has 9 atom stereocenters. The minimum Gasteiger partial charge on any atom is -0.496 e. The first-order valence-corrected chi connectivity index (χ1v) is 17.9. The Morgan fingerprint density at radius 3 is 2.43 bits per heavy atom. The van der Waals surface area contributed by atoms with Crippen molar-refractivity contribution < 1.29 is 29.4 Å². The van der Waals surface area contributed by atoms with Crippen molar-refractivity contribution in [2.24, 2.45) is 35.0 Å². The van der Waals surface area contributed by atoms with Gasteiger partial charge in [0.25, 0.3) is 5.91 Å². The number of nitrogens with one attached hydrogen (secondary N) is 2. The maximum atomic E-state index is 14.1. The molecule has 0 spiro atoms. The van der Waals surface area contributed by atoms with Gasteiger partial charge >= 0.3 is 0 Å². The van der Waals surface area contributed by atoms with Crippen LogP contribution in [0.2, 0.25) is 0 Å². The molecule has 2 aromatic rings. The van der Waals surface area contributed by atoms with Crippen molar-refractivity contribution in [3.8, 4) is 16.9 Å². The van der Waals surface area contributed by atoms with Crippen molar-refractivity contribution in [3.05, 3.63) is 53.6 Å². The van der Waals surface area contributed by atoms with Gasteiger partial charge in [0.2, 0.25) is 5.91 Å². The summed E-state index contributed by atoms with van der Waals surface area (Å²) in [4.78, 5) is 35.8. The fraction of sp³-hybridized carbons (Fsp3) is 0.641. The molecule has 3 saturated carbocycles. The summed E-state index contributed by atoms with van der Waals surface area (Å²) in [7, 11) is 5.60. The second kappa shape index (κ2) is 15.1. The van der Waals surface area contributed by atoms with Crippen LogP contribution in [0.25, 0.3) is 11.1 Å². The normalized spacial score (nSPS) is 29.0. The lowest BCUT2D eigenvalue weighted by Gasteiger charge is -2.62. The zero-order valence-electron chi connectivity index (χ0n) is 30.8. The highest BCUT2D eigenvalue weighted by molar-refractivity contribution is 5.96. The maximum absolute atomic E-state index is 14.1. The molecule has 0 radical (unpaired) electrons. The van der Waals surface area contributed by atoms with Crippen molar-refractivity contribution in [3.63, 3.8) is 0 Å². The Morgan fingerprint density at radius 1 is 1.12 bits per heavy atom. The van der Waals surface area contributed by atoms with Crippen LogP contribution in [0.4, 0.5) is 0 Å². The fourth-order valence-corrected chi connectivity index (χ4v) is 8.73. The molecule has 2 amide bonds. The molecular formula is C39H58N4O6. The molecule has 3 aliphatic carbocycles. The number of aliphatic hydroxyl groups is 2. The number of methoxy groups -OCH3 is 1. The van der Waals surface area contributed by atoms with Gasteiger partial charge in [-0.1, -0.05) is 65.0 Å². The molecule has 4 aliphatic rings. The van der Waals surface area contributed by atoms with E-state index in [1.54, 1.807) is 19.1 Å². The van der Waals surface area contributed by atoms with Crippen LogP contribution in [-0.2, 0) is 16.2 Å². The summed E-state index contributed by atoms with van der Waals surface area (Å²) in [6.07, 6.45) is 0.524. The summed E-state index contributed by atoms with van der Waals surface area (Å²) in [5.74, 6) is 1.41. The molecule has 2 unspecified atom stereocenters. The maximum Gasteiger partial charge on any atom is 0.251 e. The third-order valence-electron chi connectivity index (χ3n) is 11.8. The minimum absolute atomic E-state index is 0.00157. The van der Waals surface area contributed by atoms with Crippen LogP contribution in [0.3, 0.4) is 0 Å². The van der Waals surface area contributed by atoms with E-state index in [0.29, 0.717) is 34.5 Å². The fourth-order valence-electron chi connectivity index (χ4n) is 8.73. The number of likely N-dealkylation sites (N-methyl/N-ethyl adjacent to an activating group) is 1. The van der Waals surface area contributed by atoms with Crippen molar-refractivity contribution in [1.82, 2.24) is 20.6 Å². The van der Waals surface area contributed by atoms with Gasteiger partial charge < -0.3 is 30.5 Å². The number of rotatable bonds is 13. The van der Waals surface area contributed by atoms with Crippen LogP contribution in [0.15, 0.2) is 42.5 Å². The van der Waals surface area contributed by atoms with E-state index in [1.807, 2.05) is 56.6 Å². The van der Waals surface area contributed by atoms with E-state index < -0.39 is 24.2 Å². The largest absolute Gasteiger partial charge is 0.496 e. The zero-order chi connectivity index (χ0) is 35.8. The molecule has 10 nitrogen and oxygen atoms in total. The summed E-state index contributed by atoms with van der Waals surface area (Å²) < 4.78 is 5.99. The zero-order valence-corrected chi connectivity index (χ0v) is 30.8. The van der Waals surface area contributed by atoms with Crippen LogP contribution in [0.5, 0.6) is 5.75 Å². The standard InChI is InChI=1S/C39H58N4O6/c1-22(2)32(20-42(7)8)41-37(46)26-13-10-12-25(16-26)29-15-11-14-27(36(29)48-9)19-43-35(34(24(4)45)33(21-44)49-43)38(47)40-31-18-28-17-30(23(31)3)39(28,5)6/h10-16,22-24,28,30-35,44-45H,17-21H2,1-9H3,(H,40,47)(H,41,46)/t23-,24-,28+,30-,31?,32?,33-,34+,35-/m0/s1. The number of carbonyl (C=O) groups is 2. The Kier molecular flexibility index (Phi) is 11.5. The van der Waals surface area contributed by atoms with E-state index in [4.69, 9.17) is 9.57 Å². The lowest BCUT2D eigenvalue weighted by molar-refractivity contribution is -0.183. The van der Waals surface area contributed by atoms with Gasteiger partial charge in [-0.3, -0.25) is 14.4 Å². The van der Waals surface area contributed by atoms with E-state index in [-0.39, 0.29) is 43.0 Å². The summed E-state index contributed by atoms with van der Waals surface area (Å²) in [5, 5.41) is 29.3. The molecule has 10 heteroatoms. The molecule has 1 heterocycles. The number of hydrogen-bond donors (Lipinski definition) is 4. The number of fused-ring (bicyclic) bond motifs is 2. The van der Waals surface area contributed by atoms with Crippen LogP contribution >= 0.6 is 0 Å². The Hall–Kier alpha value is -3.02. The highest BCUT2D eigenvalue weighted by atomic mass is 16.7. The summed E-state index contributed by atoms with van der Waals surface area (Å²) in [6, 6.07) is 12.5. The smallest absolute Gasteiger partial charge is 0.251 e. The average Bonchev–Trinajstić information content (AvgIpc) is 3.43. The number of para-hydroxylation sites is 1. The van der Waals surface area contributed by atoms with Gasteiger partial charge in [0.15, 0.2) is 0 Å². The Labute approximate surface area is 292 Å². The second-order valence-electron chi connectivity index (χ2n) is 15.9. The van der Waals surface area contributed by atoms with E-state index in [2.05, 4.69) is 50.2 Å². The molecule has 1 aliphatic heterocycles. The molecule has 2 bridgehead atoms. The van der Waals surface area contributed by atoms with Gasteiger partial charge in [-0.25, -0.2) is 0 Å². The minimum atomic E-state index is -0.885. The van der Waals surface area contributed by atoms with Crippen molar-refractivity contribution in [2.75, 3.05) is 34.4 Å². The molecule has 6 rings (SSSR count). The van der Waals surface area contributed by atoms with E-state index in [0.717, 1.165) is 29.7 Å². The first-order chi connectivity index (χ1) is 23.2. The summed E-state index contributed by atoms with van der Waals surface area (Å²) in [5.41, 5.74) is 3.24. The van der Waals surface area contributed by atoms with Gasteiger partial charge in [-0.05, 0) is 80.6 Å². The van der Waals surface area contributed by atoms with Gasteiger partial charge in [0, 0.05) is 41.2 Å². The highest BCUT2D eigenvalue weighted by Gasteiger charge is 2.57. The molecule has 270 valence electrons. The van der Waals surface area contributed by atoms with E-state index in [1.165, 1.54) is 6.42 Å². The number of amides is 2. The summed E-state index contributed by atoms with van der Waals surface area (Å²) >= 11 is 0. The number of ether oxygens (including phenoxy) is 1. The van der Waals surface area contributed by atoms with E-state index >= 15 is 0 Å². The predicted molar refractivity (Wildman–Crippen MR) is 191 cm³/mol. The number of aliphatic hydroxyl groups excluding tert-OH is 2. The first kappa shape index (κ1) is 37.2. The molecular weight excluding hydrogens is 620 g/mol. The molecule has 0 aromatic heterocycles. The highest BCUT2D eigenvalue weighted by Crippen LogP contribution is 2.61. The SMILES string of the molecule is COc1c(CN2O[C@@H](CO)[C@@H]([C@H](C)O)[C@H]2C(=O)NC2C[C@H]3C[C@@H]([C@@H]2C)C3(C)C)cccc1-c1cccc(C(=O)NC(CN(C)C)C(C)C)c1. The van der Waals surface area contributed by atoms with Crippen LogP contribution < -0.4 is 15.4 Å². The Bertz CT molecular complexity index is 1480. The quantitative estimate of drug-likeness (QED) is 0.247. The monoisotopic (exact) mass is 678 g/mol. The molecule has 49 heavy (non-hydrogen) atoms. The third kappa shape index (κ3) is 7.54. The third-order valence-corrected chi connectivity index (χ3v) is 11.8.